The summed E-state index contributed by atoms with van der Waals surface area (Å²) in [5.74, 6) is -0.189. The molecule has 8 heteroatoms. The lowest BCUT2D eigenvalue weighted by atomic mass is 10.2. The number of hydrogen-bond acceptors (Lipinski definition) is 5. The molecule has 0 aliphatic carbocycles. The van der Waals surface area contributed by atoms with Crippen LogP contribution in [0.1, 0.15) is 31.6 Å². The van der Waals surface area contributed by atoms with Gasteiger partial charge in [-0.25, -0.2) is 0 Å². The minimum Gasteiger partial charge on any atom is -0.481 e. The van der Waals surface area contributed by atoms with Gasteiger partial charge < -0.3 is 10.0 Å². The monoisotopic (exact) mass is 298 g/mol. The quantitative estimate of drug-likeness (QED) is 0.782. The van der Waals surface area contributed by atoms with Gasteiger partial charge >= 0.3 is 5.97 Å². The summed E-state index contributed by atoms with van der Waals surface area (Å²) in [6.45, 7) is 2.74. The zero-order valence-corrected chi connectivity index (χ0v) is 12.4. The molecule has 0 saturated carbocycles. The van der Waals surface area contributed by atoms with Gasteiger partial charge in [-0.05, 0) is 12.8 Å². The Morgan fingerprint density at radius 3 is 2.80 bits per heavy atom. The molecule has 2 heterocycles. The molecular formula is C12H18N4O3S. The average molecular weight is 298 g/mol. The molecular weight excluding hydrogens is 280 g/mol. The van der Waals surface area contributed by atoms with E-state index in [1.54, 1.807) is 11.9 Å². The van der Waals surface area contributed by atoms with Crippen molar-refractivity contribution in [1.82, 2.24) is 19.7 Å². The van der Waals surface area contributed by atoms with Crippen molar-refractivity contribution < 1.29 is 14.7 Å². The molecule has 0 aromatic carbocycles. The molecule has 1 unspecified atom stereocenters. The summed E-state index contributed by atoms with van der Waals surface area (Å²) in [6, 6.07) is -0.298. The molecule has 20 heavy (non-hydrogen) atoms. The Bertz CT molecular complexity index is 517. The summed E-state index contributed by atoms with van der Waals surface area (Å²) in [4.78, 5) is 24.6. The van der Waals surface area contributed by atoms with Gasteiger partial charge in [0.05, 0.1) is 5.75 Å². The molecule has 1 aliphatic heterocycles. The van der Waals surface area contributed by atoms with Crippen LogP contribution in [-0.4, -0.2) is 56.0 Å². The van der Waals surface area contributed by atoms with Crippen LogP contribution >= 0.6 is 11.8 Å². The first-order valence-electron chi connectivity index (χ1n) is 6.58. The van der Waals surface area contributed by atoms with Crippen molar-refractivity contribution in [3.8, 4) is 0 Å². The lowest BCUT2D eigenvalue weighted by Crippen LogP contribution is -2.26. The third kappa shape index (κ3) is 2.95. The Morgan fingerprint density at radius 2 is 2.25 bits per heavy atom. The number of aryl methyl sites for hydroxylation is 1. The average Bonchev–Trinajstić information content (AvgIpc) is 2.93. The minimum absolute atomic E-state index is 0.0410. The first-order valence-corrected chi connectivity index (χ1v) is 7.56. The van der Waals surface area contributed by atoms with Gasteiger partial charge in [-0.2, -0.15) is 0 Å². The molecule has 1 aromatic heterocycles. The second-order valence-corrected chi connectivity index (χ2v) is 5.71. The molecule has 0 bridgehead atoms. The fourth-order valence-corrected chi connectivity index (χ4v) is 3.01. The van der Waals surface area contributed by atoms with Crippen LogP contribution in [0.2, 0.25) is 0 Å². The van der Waals surface area contributed by atoms with E-state index in [1.807, 2.05) is 11.5 Å². The maximum absolute atomic E-state index is 12.2. The molecule has 1 saturated heterocycles. The smallest absolute Gasteiger partial charge is 0.313 e. The number of carboxylic acids is 1. The highest BCUT2D eigenvalue weighted by Gasteiger charge is 2.34. The molecule has 1 aliphatic rings. The predicted molar refractivity (Wildman–Crippen MR) is 73.7 cm³/mol. The third-order valence-electron chi connectivity index (χ3n) is 3.24. The summed E-state index contributed by atoms with van der Waals surface area (Å²) in [6.07, 6.45) is 2.34. The highest BCUT2D eigenvalue weighted by molar-refractivity contribution is 7.99. The molecule has 1 amide bonds. The molecule has 7 nitrogen and oxygen atoms in total. The van der Waals surface area contributed by atoms with E-state index >= 15 is 0 Å². The number of likely N-dealkylation sites (tertiary alicyclic amines) is 1. The van der Waals surface area contributed by atoms with Gasteiger partial charge in [0, 0.05) is 20.0 Å². The second kappa shape index (κ2) is 6.25. The zero-order valence-electron chi connectivity index (χ0n) is 11.6. The maximum atomic E-state index is 12.2. The Morgan fingerprint density at radius 1 is 1.50 bits per heavy atom. The number of rotatable bonds is 6. The van der Waals surface area contributed by atoms with Crippen molar-refractivity contribution >= 4 is 23.6 Å². The Hall–Kier alpha value is -1.57. The number of aromatic nitrogens is 3. The van der Waals surface area contributed by atoms with Gasteiger partial charge in [0.15, 0.2) is 5.16 Å². The van der Waals surface area contributed by atoms with Crippen LogP contribution in [0.15, 0.2) is 5.16 Å². The van der Waals surface area contributed by atoms with E-state index in [4.69, 9.17) is 5.11 Å². The number of thioether (sulfide) groups is 1. The lowest BCUT2D eigenvalue weighted by molar-refractivity contribution is -0.134. The van der Waals surface area contributed by atoms with Gasteiger partial charge in [0.2, 0.25) is 5.91 Å². The van der Waals surface area contributed by atoms with Gasteiger partial charge in [0.1, 0.15) is 11.9 Å². The standard InChI is InChI=1S/C12H18N4O3S/c1-3-4-9-13-14-12(20-7-10(17)18)16(9)8-5-6-15(2)11(8)19/h8H,3-7H2,1-2H3,(H,17,18). The molecule has 1 fully saturated rings. The number of carboxylic acid groups (broad SMARTS) is 1. The SMILES string of the molecule is CCCc1nnc(SCC(=O)O)n1C1CCN(C)C1=O. The Labute approximate surface area is 121 Å². The van der Waals surface area contributed by atoms with E-state index < -0.39 is 5.97 Å². The number of likely N-dealkylation sites (N-methyl/N-ethyl adjacent to an activating group) is 1. The van der Waals surface area contributed by atoms with Gasteiger partial charge in [-0.3, -0.25) is 14.2 Å². The summed E-state index contributed by atoms with van der Waals surface area (Å²) in [5, 5.41) is 17.5. The van der Waals surface area contributed by atoms with Crippen LogP contribution in [0.5, 0.6) is 0 Å². The van der Waals surface area contributed by atoms with Crippen LogP contribution in [0, 0.1) is 0 Å². The van der Waals surface area contributed by atoms with Crippen molar-refractivity contribution in [3.63, 3.8) is 0 Å². The van der Waals surface area contributed by atoms with E-state index in [9.17, 15) is 9.59 Å². The Balaban J connectivity index is 2.29. The molecule has 1 N–H and O–H groups in total. The molecule has 0 radical (unpaired) electrons. The van der Waals surface area contributed by atoms with E-state index in [2.05, 4.69) is 10.2 Å². The number of carbonyl (C=O) groups is 2. The topological polar surface area (TPSA) is 88.3 Å². The number of nitrogens with zero attached hydrogens (tertiary/aromatic N) is 4. The fraction of sp³-hybridized carbons (Fsp3) is 0.667. The molecule has 110 valence electrons. The van der Waals surface area contributed by atoms with Crippen LogP contribution in [-0.2, 0) is 16.0 Å². The highest BCUT2D eigenvalue weighted by atomic mass is 32.2. The number of hydrogen-bond donors (Lipinski definition) is 1. The summed E-state index contributed by atoms with van der Waals surface area (Å²) in [5.41, 5.74) is 0. The normalized spacial score (nSPS) is 18.8. The summed E-state index contributed by atoms with van der Waals surface area (Å²) in [7, 11) is 1.77. The van der Waals surface area contributed by atoms with Crippen molar-refractivity contribution in [2.45, 2.75) is 37.4 Å². The largest absolute Gasteiger partial charge is 0.481 e. The highest BCUT2D eigenvalue weighted by Crippen LogP contribution is 2.29. The van der Waals surface area contributed by atoms with Crippen LogP contribution in [0.25, 0.3) is 0 Å². The van der Waals surface area contributed by atoms with Crippen LogP contribution in [0.4, 0.5) is 0 Å². The first kappa shape index (κ1) is 14.8. The van der Waals surface area contributed by atoms with Gasteiger partial charge in [-0.15, -0.1) is 10.2 Å². The fourth-order valence-electron chi connectivity index (χ4n) is 2.28. The van der Waals surface area contributed by atoms with E-state index in [0.717, 1.165) is 30.4 Å². The number of aliphatic carboxylic acids is 1. The summed E-state index contributed by atoms with van der Waals surface area (Å²) < 4.78 is 1.82. The van der Waals surface area contributed by atoms with Crippen molar-refractivity contribution in [2.75, 3.05) is 19.3 Å². The van der Waals surface area contributed by atoms with E-state index in [1.165, 1.54) is 0 Å². The van der Waals surface area contributed by atoms with Crippen molar-refractivity contribution in [3.05, 3.63) is 5.82 Å². The Kier molecular flexibility index (Phi) is 4.64. The molecule has 1 aromatic rings. The third-order valence-corrected chi connectivity index (χ3v) is 4.17. The minimum atomic E-state index is -0.906. The second-order valence-electron chi connectivity index (χ2n) is 4.77. The zero-order chi connectivity index (χ0) is 14.7. The number of amides is 1. The maximum Gasteiger partial charge on any atom is 0.313 e. The van der Waals surface area contributed by atoms with Crippen molar-refractivity contribution in [2.24, 2.45) is 0 Å². The molecule has 0 spiro atoms. The van der Waals surface area contributed by atoms with Gasteiger partial charge in [-0.1, -0.05) is 18.7 Å². The van der Waals surface area contributed by atoms with Crippen LogP contribution < -0.4 is 0 Å². The summed E-state index contributed by atoms with van der Waals surface area (Å²) >= 11 is 1.11. The first-order chi connectivity index (χ1) is 9.54. The van der Waals surface area contributed by atoms with E-state index in [-0.39, 0.29) is 17.7 Å². The molecule has 2 rings (SSSR count). The van der Waals surface area contributed by atoms with Crippen LogP contribution in [0.3, 0.4) is 0 Å². The van der Waals surface area contributed by atoms with Gasteiger partial charge in [0.25, 0.3) is 0 Å². The lowest BCUT2D eigenvalue weighted by Gasteiger charge is -2.15. The van der Waals surface area contributed by atoms with Crippen molar-refractivity contribution in [1.29, 1.82) is 0 Å². The number of carbonyl (C=O) groups excluding carboxylic acids is 1. The molecule has 1 atom stereocenters. The van der Waals surface area contributed by atoms with E-state index in [0.29, 0.717) is 18.1 Å². The predicted octanol–water partition coefficient (Wildman–Crippen LogP) is 0.810.